The normalized spacial score (nSPS) is 30.8. The van der Waals surface area contributed by atoms with Crippen LogP contribution < -0.4 is 11.1 Å². The second-order valence-corrected chi connectivity index (χ2v) is 5.36. The number of aliphatic carboxylic acids is 1. The number of hydrogen-bond donors (Lipinski definition) is 3. The minimum atomic E-state index is -0.976. The van der Waals surface area contributed by atoms with E-state index in [1.807, 2.05) is 0 Å². The van der Waals surface area contributed by atoms with E-state index in [2.05, 4.69) is 5.32 Å². The van der Waals surface area contributed by atoms with Crippen LogP contribution in [0.4, 0.5) is 4.79 Å². The van der Waals surface area contributed by atoms with Crippen LogP contribution in [0.25, 0.3) is 0 Å². The molecule has 19 heavy (non-hydrogen) atoms. The van der Waals surface area contributed by atoms with Crippen molar-refractivity contribution in [1.82, 2.24) is 10.2 Å². The number of carbonyl (C=O) groups excluding carboxylic acids is 2. The molecule has 4 unspecified atom stereocenters. The van der Waals surface area contributed by atoms with Gasteiger partial charge in [0.1, 0.15) is 12.1 Å². The van der Waals surface area contributed by atoms with Gasteiger partial charge in [-0.15, -0.1) is 0 Å². The number of rotatable bonds is 3. The van der Waals surface area contributed by atoms with Crippen molar-refractivity contribution in [3.63, 3.8) is 0 Å². The first kappa shape index (κ1) is 13.6. The fourth-order valence-corrected chi connectivity index (χ4v) is 3.17. The van der Waals surface area contributed by atoms with Gasteiger partial charge in [0.25, 0.3) is 0 Å². The van der Waals surface area contributed by atoms with Crippen LogP contribution in [0, 0.1) is 11.8 Å². The summed E-state index contributed by atoms with van der Waals surface area (Å²) in [5, 5.41) is 11.8. The Balaban J connectivity index is 2.08. The van der Waals surface area contributed by atoms with E-state index in [-0.39, 0.29) is 11.8 Å². The number of carbonyl (C=O) groups is 3. The van der Waals surface area contributed by atoms with Crippen LogP contribution in [0.2, 0.25) is 0 Å². The number of fused-ring (bicyclic) bond motifs is 1. The molecule has 7 nitrogen and oxygen atoms in total. The van der Waals surface area contributed by atoms with Crippen molar-refractivity contribution in [2.75, 3.05) is 6.54 Å². The summed E-state index contributed by atoms with van der Waals surface area (Å²) in [5.74, 6) is -1.32. The number of hydrogen-bond acceptors (Lipinski definition) is 3. The highest BCUT2D eigenvalue weighted by Crippen LogP contribution is 2.42. The standard InChI is InChI=1S/C12H19N3O4/c1-6(10(13)16)14-12(19)15-5-7-3-2-4-8(7)9(15)11(17)18/h6-9H,2-5H2,1H3,(H2,13,16)(H,14,19)(H,17,18). The number of nitrogens with two attached hydrogens (primary N) is 1. The van der Waals surface area contributed by atoms with Gasteiger partial charge >= 0.3 is 12.0 Å². The predicted octanol–water partition coefficient (Wildman–Crippen LogP) is -0.245. The molecule has 4 N–H and O–H groups in total. The summed E-state index contributed by atoms with van der Waals surface area (Å²) in [6.45, 7) is 1.92. The molecule has 0 aromatic rings. The van der Waals surface area contributed by atoms with Gasteiger partial charge in [-0.05, 0) is 31.6 Å². The van der Waals surface area contributed by atoms with Crippen LogP contribution in [0.3, 0.4) is 0 Å². The molecule has 2 aliphatic rings. The molecule has 0 radical (unpaired) electrons. The number of urea groups is 1. The molecule has 3 amide bonds. The van der Waals surface area contributed by atoms with Crippen LogP contribution in [0.1, 0.15) is 26.2 Å². The molecule has 7 heteroatoms. The minimum Gasteiger partial charge on any atom is -0.480 e. The van der Waals surface area contributed by atoms with Crippen LogP contribution in [0.15, 0.2) is 0 Å². The maximum Gasteiger partial charge on any atom is 0.326 e. The Labute approximate surface area is 111 Å². The highest BCUT2D eigenvalue weighted by Gasteiger charge is 2.49. The highest BCUT2D eigenvalue weighted by molar-refractivity contribution is 5.88. The lowest BCUT2D eigenvalue weighted by Crippen LogP contribution is -2.52. The number of nitrogens with zero attached hydrogens (tertiary/aromatic N) is 1. The Morgan fingerprint density at radius 3 is 2.63 bits per heavy atom. The van der Waals surface area contributed by atoms with Crippen molar-refractivity contribution >= 4 is 17.9 Å². The maximum absolute atomic E-state index is 12.0. The van der Waals surface area contributed by atoms with Crippen LogP contribution in [0.5, 0.6) is 0 Å². The lowest BCUT2D eigenvalue weighted by molar-refractivity contribution is -0.142. The fraction of sp³-hybridized carbons (Fsp3) is 0.750. The molecule has 2 fully saturated rings. The third-order valence-corrected chi connectivity index (χ3v) is 4.17. The lowest BCUT2D eigenvalue weighted by Gasteiger charge is -2.25. The quantitative estimate of drug-likeness (QED) is 0.656. The summed E-state index contributed by atoms with van der Waals surface area (Å²) in [6.07, 6.45) is 2.83. The van der Waals surface area contributed by atoms with Crippen LogP contribution in [-0.2, 0) is 9.59 Å². The van der Waals surface area contributed by atoms with Gasteiger partial charge in [0.05, 0.1) is 0 Å². The van der Waals surface area contributed by atoms with E-state index in [0.717, 1.165) is 19.3 Å². The monoisotopic (exact) mass is 269 g/mol. The van der Waals surface area contributed by atoms with Gasteiger partial charge < -0.3 is 21.1 Å². The molecule has 0 spiro atoms. The molecule has 106 valence electrons. The van der Waals surface area contributed by atoms with E-state index in [1.165, 1.54) is 11.8 Å². The van der Waals surface area contributed by atoms with Gasteiger partial charge in [-0.2, -0.15) is 0 Å². The molecule has 1 heterocycles. The van der Waals surface area contributed by atoms with Crippen LogP contribution in [-0.4, -0.2) is 46.5 Å². The second kappa shape index (κ2) is 5.07. The molecule has 0 aromatic heterocycles. The molecule has 1 saturated heterocycles. The average Bonchev–Trinajstić information content (AvgIpc) is 2.86. The Hall–Kier alpha value is -1.79. The minimum absolute atomic E-state index is 0.0344. The van der Waals surface area contributed by atoms with Crippen molar-refractivity contribution < 1.29 is 19.5 Å². The summed E-state index contributed by atoms with van der Waals surface area (Å²) in [5.41, 5.74) is 5.08. The Bertz CT molecular complexity index is 412. The number of carboxylic acids is 1. The molecule has 2 rings (SSSR count). The summed E-state index contributed by atoms with van der Waals surface area (Å²) in [7, 11) is 0. The zero-order valence-electron chi connectivity index (χ0n) is 10.8. The van der Waals surface area contributed by atoms with Crippen molar-refractivity contribution in [2.24, 2.45) is 17.6 Å². The van der Waals surface area contributed by atoms with E-state index in [4.69, 9.17) is 5.73 Å². The van der Waals surface area contributed by atoms with Crippen LogP contribution >= 0.6 is 0 Å². The zero-order valence-corrected chi connectivity index (χ0v) is 10.8. The van der Waals surface area contributed by atoms with Gasteiger partial charge in [-0.1, -0.05) is 6.42 Å². The number of nitrogens with one attached hydrogen (secondary N) is 1. The van der Waals surface area contributed by atoms with E-state index in [0.29, 0.717) is 6.54 Å². The summed E-state index contributed by atoms with van der Waals surface area (Å²) in [6, 6.07) is -2.11. The van der Waals surface area contributed by atoms with Gasteiger partial charge in [-0.25, -0.2) is 9.59 Å². The first-order valence-corrected chi connectivity index (χ1v) is 6.51. The molecule has 0 aromatic carbocycles. The van der Waals surface area contributed by atoms with Gasteiger partial charge in [0.15, 0.2) is 0 Å². The average molecular weight is 269 g/mol. The second-order valence-electron chi connectivity index (χ2n) is 5.36. The first-order chi connectivity index (χ1) is 8.91. The molecule has 4 atom stereocenters. The number of amides is 3. The van der Waals surface area contributed by atoms with Crippen molar-refractivity contribution in [3.05, 3.63) is 0 Å². The lowest BCUT2D eigenvalue weighted by atomic mass is 9.94. The molecule has 1 aliphatic carbocycles. The highest BCUT2D eigenvalue weighted by atomic mass is 16.4. The smallest absolute Gasteiger partial charge is 0.326 e. The summed E-state index contributed by atoms with van der Waals surface area (Å²) >= 11 is 0. The van der Waals surface area contributed by atoms with Gasteiger partial charge in [-0.3, -0.25) is 4.79 Å². The summed E-state index contributed by atoms with van der Waals surface area (Å²) in [4.78, 5) is 35.7. The zero-order chi connectivity index (χ0) is 14.2. The molecular weight excluding hydrogens is 250 g/mol. The predicted molar refractivity (Wildman–Crippen MR) is 66.1 cm³/mol. The molecule has 1 saturated carbocycles. The number of likely N-dealkylation sites (tertiary alicyclic amines) is 1. The van der Waals surface area contributed by atoms with E-state index < -0.39 is 30.0 Å². The van der Waals surface area contributed by atoms with Crippen molar-refractivity contribution in [3.8, 4) is 0 Å². The largest absolute Gasteiger partial charge is 0.480 e. The molecular formula is C12H19N3O4. The molecule has 1 aliphatic heterocycles. The number of carboxylic acid groups (broad SMARTS) is 1. The van der Waals surface area contributed by atoms with Gasteiger partial charge in [0, 0.05) is 6.54 Å². The third kappa shape index (κ3) is 2.50. The third-order valence-electron chi connectivity index (χ3n) is 4.17. The first-order valence-electron chi connectivity index (χ1n) is 6.51. The van der Waals surface area contributed by atoms with E-state index in [9.17, 15) is 19.5 Å². The molecule has 0 bridgehead atoms. The van der Waals surface area contributed by atoms with Crippen molar-refractivity contribution in [2.45, 2.75) is 38.3 Å². The Morgan fingerprint density at radius 1 is 1.37 bits per heavy atom. The van der Waals surface area contributed by atoms with Gasteiger partial charge in [0.2, 0.25) is 5.91 Å². The maximum atomic E-state index is 12.0. The number of primary amides is 1. The topological polar surface area (TPSA) is 113 Å². The summed E-state index contributed by atoms with van der Waals surface area (Å²) < 4.78 is 0. The Morgan fingerprint density at radius 2 is 2.05 bits per heavy atom. The SMILES string of the molecule is CC(NC(=O)N1CC2CCCC2C1C(=O)O)C(N)=O. The van der Waals surface area contributed by atoms with E-state index >= 15 is 0 Å². The Kier molecular flexibility index (Phi) is 3.64. The van der Waals surface area contributed by atoms with E-state index in [1.54, 1.807) is 0 Å². The fourth-order valence-electron chi connectivity index (χ4n) is 3.17. The van der Waals surface area contributed by atoms with Crippen molar-refractivity contribution in [1.29, 1.82) is 0 Å².